The molecule has 6 nitrogen and oxygen atoms in total. The number of hydrogen-bond donors (Lipinski definition) is 0. The van der Waals surface area contributed by atoms with Gasteiger partial charge in [-0.05, 0) is 22.4 Å². The van der Waals surface area contributed by atoms with Gasteiger partial charge in [-0.2, -0.15) is 0 Å². The normalized spacial score (nSPS) is 15.8. The van der Waals surface area contributed by atoms with Crippen molar-refractivity contribution < 1.29 is 4.74 Å². The third kappa shape index (κ3) is 3.71. The Hall–Kier alpha value is -1.76. The maximum atomic E-state index is 5.84. The molecule has 0 bridgehead atoms. The summed E-state index contributed by atoms with van der Waals surface area (Å²) < 4.78 is 6.69. The second-order valence-corrected chi connectivity index (χ2v) is 6.12. The Labute approximate surface area is 138 Å². The average Bonchev–Trinajstić information content (AvgIpc) is 2.58. The van der Waals surface area contributed by atoms with Gasteiger partial charge in [0, 0.05) is 50.1 Å². The van der Waals surface area contributed by atoms with Crippen molar-refractivity contribution in [3.8, 4) is 6.01 Å². The number of rotatable bonds is 4. The highest BCUT2D eigenvalue weighted by Crippen LogP contribution is 2.21. The molecular formula is C15H18BrN5O. The van der Waals surface area contributed by atoms with Crippen LogP contribution in [0.5, 0.6) is 6.01 Å². The molecule has 0 atom stereocenters. The van der Waals surface area contributed by atoms with E-state index < -0.39 is 0 Å². The fourth-order valence-electron chi connectivity index (χ4n) is 2.47. The van der Waals surface area contributed by atoms with E-state index in [0.717, 1.165) is 48.3 Å². The standard InChI is InChI=1S/C15H18BrN5O/c1-2-12-7-14(20-10-19-12)21-5-3-13(4-6-21)22-15-17-8-11(16)9-18-15/h7-10,13H,2-6H2,1H3. The molecule has 0 N–H and O–H groups in total. The van der Waals surface area contributed by atoms with Crippen LogP contribution in [0.15, 0.2) is 29.3 Å². The van der Waals surface area contributed by atoms with Crippen molar-refractivity contribution in [3.05, 3.63) is 35.0 Å². The summed E-state index contributed by atoms with van der Waals surface area (Å²) in [6, 6.07) is 2.51. The number of piperidine rings is 1. The maximum Gasteiger partial charge on any atom is 0.316 e. The van der Waals surface area contributed by atoms with Crippen molar-refractivity contribution in [3.63, 3.8) is 0 Å². The Morgan fingerprint density at radius 2 is 1.91 bits per heavy atom. The monoisotopic (exact) mass is 363 g/mol. The molecule has 1 aliphatic rings. The Morgan fingerprint density at radius 3 is 2.59 bits per heavy atom. The fraction of sp³-hybridized carbons (Fsp3) is 0.467. The van der Waals surface area contributed by atoms with Gasteiger partial charge in [0.1, 0.15) is 18.2 Å². The van der Waals surface area contributed by atoms with E-state index in [4.69, 9.17) is 4.74 Å². The highest BCUT2D eigenvalue weighted by atomic mass is 79.9. The van der Waals surface area contributed by atoms with E-state index in [1.807, 2.05) is 0 Å². The molecule has 0 aliphatic carbocycles. The molecule has 0 radical (unpaired) electrons. The molecule has 0 aromatic carbocycles. The quantitative estimate of drug-likeness (QED) is 0.831. The molecular weight excluding hydrogens is 346 g/mol. The van der Waals surface area contributed by atoms with Crippen LogP contribution in [0.25, 0.3) is 0 Å². The van der Waals surface area contributed by atoms with Crippen molar-refractivity contribution in [1.82, 2.24) is 19.9 Å². The zero-order valence-electron chi connectivity index (χ0n) is 12.4. The van der Waals surface area contributed by atoms with E-state index >= 15 is 0 Å². The number of aryl methyl sites for hydroxylation is 1. The average molecular weight is 364 g/mol. The SMILES string of the molecule is CCc1cc(N2CCC(Oc3ncc(Br)cn3)CC2)ncn1. The van der Waals surface area contributed by atoms with Crippen molar-refractivity contribution in [1.29, 1.82) is 0 Å². The van der Waals surface area contributed by atoms with Gasteiger partial charge in [0.15, 0.2) is 0 Å². The molecule has 1 fully saturated rings. The first-order chi connectivity index (χ1) is 10.7. The van der Waals surface area contributed by atoms with Gasteiger partial charge in [0.25, 0.3) is 0 Å². The third-order valence-corrected chi connectivity index (χ3v) is 4.12. The molecule has 2 aromatic heterocycles. The first-order valence-electron chi connectivity index (χ1n) is 7.44. The van der Waals surface area contributed by atoms with Crippen LogP contribution >= 0.6 is 15.9 Å². The Kier molecular flexibility index (Phi) is 4.82. The lowest BCUT2D eigenvalue weighted by molar-refractivity contribution is 0.156. The van der Waals surface area contributed by atoms with E-state index in [1.165, 1.54) is 0 Å². The number of anilines is 1. The first-order valence-corrected chi connectivity index (χ1v) is 8.24. The fourth-order valence-corrected chi connectivity index (χ4v) is 2.67. The highest BCUT2D eigenvalue weighted by Gasteiger charge is 2.22. The van der Waals surface area contributed by atoms with E-state index in [0.29, 0.717) is 6.01 Å². The summed E-state index contributed by atoms with van der Waals surface area (Å²) in [7, 11) is 0. The van der Waals surface area contributed by atoms with Crippen LogP contribution in [0.1, 0.15) is 25.5 Å². The number of aromatic nitrogens is 4. The summed E-state index contributed by atoms with van der Waals surface area (Å²) in [6.07, 6.45) is 8.00. The molecule has 3 heterocycles. The molecule has 22 heavy (non-hydrogen) atoms. The van der Waals surface area contributed by atoms with Crippen molar-refractivity contribution in [2.75, 3.05) is 18.0 Å². The lowest BCUT2D eigenvalue weighted by Crippen LogP contribution is -2.39. The Bertz CT molecular complexity index is 614. The van der Waals surface area contributed by atoms with Crippen LogP contribution in [0, 0.1) is 0 Å². The molecule has 7 heteroatoms. The van der Waals surface area contributed by atoms with Gasteiger partial charge in [-0.1, -0.05) is 6.92 Å². The minimum absolute atomic E-state index is 0.157. The molecule has 3 rings (SSSR count). The lowest BCUT2D eigenvalue weighted by atomic mass is 10.1. The molecule has 116 valence electrons. The topological polar surface area (TPSA) is 64.0 Å². The minimum atomic E-state index is 0.157. The van der Waals surface area contributed by atoms with Crippen LogP contribution in [0.2, 0.25) is 0 Å². The van der Waals surface area contributed by atoms with Gasteiger partial charge in [0.05, 0.1) is 4.47 Å². The molecule has 0 amide bonds. The molecule has 1 aliphatic heterocycles. The molecule has 0 spiro atoms. The van der Waals surface area contributed by atoms with Crippen molar-refractivity contribution in [2.45, 2.75) is 32.3 Å². The Balaban J connectivity index is 1.56. The van der Waals surface area contributed by atoms with Gasteiger partial charge < -0.3 is 9.64 Å². The van der Waals surface area contributed by atoms with Crippen LogP contribution < -0.4 is 9.64 Å². The van der Waals surface area contributed by atoms with Gasteiger partial charge >= 0.3 is 6.01 Å². The molecule has 2 aromatic rings. The van der Waals surface area contributed by atoms with Gasteiger partial charge in [-0.3, -0.25) is 0 Å². The number of ether oxygens (including phenoxy) is 1. The van der Waals surface area contributed by atoms with Crippen LogP contribution in [-0.4, -0.2) is 39.1 Å². The van der Waals surface area contributed by atoms with Gasteiger partial charge in [-0.15, -0.1) is 0 Å². The molecule has 0 unspecified atom stereocenters. The predicted molar refractivity (Wildman–Crippen MR) is 87.0 cm³/mol. The van der Waals surface area contributed by atoms with Crippen molar-refractivity contribution >= 4 is 21.7 Å². The largest absolute Gasteiger partial charge is 0.460 e. The number of nitrogens with zero attached hydrogens (tertiary/aromatic N) is 5. The smallest absolute Gasteiger partial charge is 0.316 e. The lowest BCUT2D eigenvalue weighted by Gasteiger charge is -2.32. The van der Waals surface area contributed by atoms with E-state index in [1.54, 1.807) is 18.7 Å². The second-order valence-electron chi connectivity index (χ2n) is 5.21. The Morgan fingerprint density at radius 1 is 1.18 bits per heavy atom. The summed E-state index contributed by atoms with van der Waals surface area (Å²) in [5.74, 6) is 1.00. The number of halogens is 1. The van der Waals surface area contributed by atoms with Crippen LogP contribution in [0.4, 0.5) is 5.82 Å². The third-order valence-electron chi connectivity index (χ3n) is 3.71. The summed E-state index contributed by atoms with van der Waals surface area (Å²) >= 11 is 3.32. The summed E-state index contributed by atoms with van der Waals surface area (Å²) in [5.41, 5.74) is 1.08. The van der Waals surface area contributed by atoms with Gasteiger partial charge in [0.2, 0.25) is 0 Å². The van der Waals surface area contributed by atoms with Gasteiger partial charge in [-0.25, -0.2) is 19.9 Å². The summed E-state index contributed by atoms with van der Waals surface area (Å²) in [4.78, 5) is 19.2. The molecule has 0 saturated carbocycles. The highest BCUT2D eigenvalue weighted by molar-refractivity contribution is 9.10. The predicted octanol–water partition coefficient (Wildman–Crippen LogP) is 2.64. The zero-order valence-corrected chi connectivity index (χ0v) is 14.0. The zero-order chi connectivity index (χ0) is 15.4. The second kappa shape index (κ2) is 7.00. The first kappa shape index (κ1) is 15.1. The van der Waals surface area contributed by atoms with E-state index in [-0.39, 0.29) is 6.10 Å². The summed E-state index contributed by atoms with van der Waals surface area (Å²) in [5, 5.41) is 0. The molecule has 1 saturated heterocycles. The number of hydrogen-bond acceptors (Lipinski definition) is 6. The maximum absolute atomic E-state index is 5.84. The van der Waals surface area contributed by atoms with Crippen molar-refractivity contribution in [2.24, 2.45) is 0 Å². The van der Waals surface area contributed by atoms with E-state index in [9.17, 15) is 0 Å². The van der Waals surface area contributed by atoms with Crippen LogP contribution in [0.3, 0.4) is 0 Å². The minimum Gasteiger partial charge on any atom is -0.460 e. The van der Waals surface area contributed by atoms with E-state index in [2.05, 4.69) is 53.8 Å². The van der Waals surface area contributed by atoms with Crippen LogP contribution in [-0.2, 0) is 6.42 Å². The summed E-state index contributed by atoms with van der Waals surface area (Å²) in [6.45, 7) is 3.94.